The summed E-state index contributed by atoms with van der Waals surface area (Å²) in [6.07, 6.45) is 3.79. The van der Waals surface area contributed by atoms with Crippen LogP contribution in [0.5, 0.6) is 0 Å². The van der Waals surface area contributed by atoms with Gasteiger partial charge in [0.15, 0.2) is 0 Å². The monoisotopic (exact) mass is 317 g/mol. The lowest BCUT2D eigenvalue weighted by Crippen LogP contribution is -2.40. The molecular formula is C19H27NO3. The van der Waals surface area contributed by atoms with Gasteiger partial charge < -0.3 is 9.64 Å². The molecule has 0 aliphatic carbocycles. The smallest absolute Gasteiger partial charge is 0.309 e. The van der Waals surface area contributed by atoms with Crippen LogP contribution in [0.3, 0.4) is 0 Å². The van der Waals surface area contributed by atoms with Crippen LogP contribution in [0.15, 0.2) is 24.3 Å². The van der Waals surface area contributed by atoms with Crippen molar-refractivity contribution in [3.8, 4) is 0 Å². The number of aryl methyl sites for hydroxylation is 2. The third-order valence-corrected chi connectivity index (χ3v) is 4.53. The van der Waals surface area contributed by atoms with Crippen LogP contribution < -0.4 is 0 Å². The van der Waals surface area contributed by atoms with Crippen LogP contribution in [0.4, 0.5) is 0 Å². The number of rotatable bonds is 6. The van der Waals surface area contributed by atoms with Gasteiger partial charge in [0.1, 0.15) is 0 Å². The van der Waals surface area contributed by atoms with E-state index >= 15 is 0 Å². The third kappa shape index (κ3) is 5.08. The van der Waals surface area contributed by atoms with Crippen molar-refractivity contribution in [2.45, 2.75) is 46.0 Å². The summed E-state index contributed by atoms with van der Waals surface area (Å²) >= 11 is 0. The number of amides is 1. The molecule has 1 aromatic rings. The molecule has 1 aromatic carbocycles. The van der Waals surface area contributed by atoms with E-state index in [4.69, 9.17) is 4.74 Å². The van der Waals surface area contributed by atoms with Crippen LogP contribution in [0.25, 0.3) is 0 Å². The Hall–Kier alpha value is -1.84. The molecule has 4 nitrogen and oxygen atoms in total. The van der Waals surface area contributed by atoms with Crippen molar-refractivity contribution in [3.63, 3.8) is 0 Å². The van der Waals surface area contributed by atoms with E-state index in [9.17, 15) is 9.59 Å². The van der Waals surface area contributed by atoms with Gasteiger partial charge in [-0.3, -0.25) is 9.59 Å². The van der Waals surface area contributed by atoms with E-state index in [1.807, 2.05) is 11.8 Å². The highest BCUT2D eigenvalue weighted by molar-refractivity contribution is 5.77. The van der Waals surface area contributed by atoms with Gasteiger partial charge in [0.05, 0.1) is 12.5 Å². The predicted octanol–water partition coefficient (Wildman–Crippen LogP) is 2.98. The van der Waals surface area contributed by atoms with E-state index in [0.29, 0.717) is 26.1 Å². The number of likely N-dealkylation sites (tertiary alicyclic amines) is 1. The lowest BCUT2D eigenvalue weighted by molar-refractivity contribution is -0.151. The van der Waals surface area contributed by atoms with Crippen molar-refractivity contribution in [1.82, 2.24) is 4.90 Å². The minimum Gasteiger partial charge on any atom is -0.466 e. The van der Waals surface area contributed by atoms with Crippen molar-refractivity contribution in [2.75, 3.05) is 19.7 Å². The fraction of sp³-hybridized carbons (Fsp3) is 0.579. The highest BCUT2D eigenvalue weighted by atomic mass is 16.5. The highest BCUT2D eigenvalue weighted by Crippen LogP contribution is 2.19. The third-order valence-electron chi connectivity index (χ3n) is 4.53. The molecule has 0 N–H and O–H groups in total. The highest BCUT2D eigenvalue weighted by Gasteiger charge is 2.27. The number of carbonyl (C=O) groups excluding carboxylic acids is 2. The average Bonchev–Trinajstić information content (AvgIpc) is 2.60. The first-order valence-electron chi connectivity index (χ1n) is 8.66. The number of nitrogens with zero attached hydrogens (tertiary/aromatic N) is 1. The van der Waals surface area contributed by atoms with Gasteiger partial charge in [0.2, 0.25) is 5.91 Å². The number of benzene rings is 1. The Morgan fingerprint density at radius 3 is 2.26 bits per heavy atom. The van der Waals surface area contributed by atoms with E-state index in [0.717, 1.165) is 25.7 Å². The first-order valence-corrected chi connectivity index (χ1v) is 8.66. The molecule has 0 radical (unpaired) electrons. The Balaban J connectivity index is 1.75. The standard InChI is InChI=1S/C19H27NO3/c1-3-15-5-7-16(8-6-15)9-10-18(21)20-13-11-17(12-14-20)19(22)23-4-2/h5-8,17H,3-4,9-14H2,1-2H3. The largest absolute Gasteiger partial charge is 0.466 e. The summed E-state index contributed by atoms with van der Waals surface area (Å²) < 4.78 is 5.06. The number of carbonyl (C=O) groups is 2. The molecule has 1 heterocycles. The van der Waals surface area contributed by atoms with Crippen LogP contribution in [0.1, 0.15) is 44.2 Å². The first-order chi connectivity index (χ1) is 11.1. The van der Waals surface area contributed by atoms with E-state index in [2.05, 4.69) is 31.2 Å². The fourth-order valence-corrected chi connectivity index (χ4v) is 2.98. The van der Waals surface area contributed by atoms with Crippen molar-refractivity contribution < 1.29 is 14.3 Å². The normalized spacial score (nSPS) is 15.5. The lowest BCUT2D eigenvalue weighted by Gasteiger charge is -2.31. The number of esters is 1. The molecule has 23 heavy (non-hydrogen) atoms. The van der Waals surface area contributed by atoms with Crippen molar-refractivity contribution in [3.05, 3.63) is 35.4 Å². The number of piperidine rings is 1. The summed E-state index contributed by atoms with van der Waals surface area (Å²) in [4.78, 5) is 25.9. The zero-order chi connectivity index (χ0) is 16.7. The molecule has 1 amide bonds. The molecule has 0 aromatic heterocycles. The molecule has 0 spiro atoms. The minimum atomic E-state index is -0.115. The van der Waals surface area contributed by atoms with Gasteiger partial charge in [-0.2, -0.15) is 0 Å². The van der Waals surface area contributed by atoms with Gasteiger partial charge in [-0.05, 0) is 43.7 Å². The molecule has 0 saturated carbocycles. The van der Waals surface area contributed by atoms with E-state index < -0.39 is 0 Å². The molecule has 0 unspecified atom stereocenters. The number of hydrogen-bond acceptors (Lipinski definition) is 3. The van der Waals surface area contributed by atoms with Crippen molar-refractivity contribution >= 4 is 11.9 Å². The molecule has 1 saturated heterocycles. The Labute approximate surface area is 138 Å². The maximum Gasteiger partial charge on any atom is 0.309 e. The Kier molecular flexibility index (Phi) is 6.63. The summed E-state index contributed by atoms with van der Waals surface area (Å²) in [7, 11) is 0. The first kappa shape index (κ1) is 17.5. The van der Waals surface area contributed by atoms with Crippen LogP contribution in [-0.2, 0) is 27.2 Å². The molecule has 1 fully saturated rings. The van der Waals surface area contributed by atoms with Crippen LogP contribution in [0, 0.1) is 5.92 Å². The van der Waals surface area contributed by atoms with Gasteiger partial charge in [0, 0.05) is 19.5 Å². The number of ether oxygens (including phenoxy) is 1. The molecule has 126 valence electrons. The second kappa shape index (κ2) is 8.70. The molecule has 4 heteroatoms. The summed E-state index contributed by atoms with van der Waals surface area (Å²) in [6, 6.07) is 8.48. The Bertz CT molecular complexity index is 516. The molecular weight excluding hydrogens is 290 g/mol. The molecule has 2 rings (SSSR count). The summed E-state index contributed by atoms with van der Waals surface area (Å²) in [5.41, 5.74) is 2.53. The maximum absolute atomic E-state index is 12.3. The molecule has 1 aliphatic heterocycles. The zero-order valence-electron chi connectivity index (χ0n) is 14.2. The molecule has 1 aliphatic rings. The summed E-state index contributed by atoms with van der Waals surface area (Å²) in [5.74, 6) is 0.0306. The molecule has 0 bridgehead atoms. The van der Waals surface area contributed by atoms with E-state index in [1.54, 1.807) is 0 Å². The Morgan fingerprint density at radius 1 is 1.09 bits per heavy atom. The summed E-state index contributed by atoms with van der Waals surface area (Å²) in [5, 5.41) is 0. The quantitative estimate of drug-likeness (QED) is 0.758. The van der Waals surface area contributed by atoms with Gasteiger partial charge in [-0.15, -0.1) is 0 Å². The zero-order valence-corrected chi connectivity index (χ0v) is 14.2. The topological polar surface area (TPSA) is 46.6 Å². The van der Waals surface area contributed by atoms with Crippen molar-refractivity contribution in [1.29, 1.82) is 0 Å². The average molecular weight is 317 g/mol. The number of hydrogen-bond donors (Lipinski definition) is 0. The van der Waals surface area contributed by atoms with Crippen LogP contribution in [0.2, 0.25) is 0 Å². The second-order valence-electron chi connectivity index (χ2n) is 6.08. The van der Waals surface area contributed by atoms with E-state index in [-0.39, 0.29) is 17.8 Å². The maximum atomic E-state index is 12.3. The van der Waals surface area contributed by atoms with Gasteiger partial charge in [-0.25, -0.2) is 0 Å². The minimum absolute atomic E-state index is 0.0411. The lowest BCUT2D eigenvalue weighted by atomic mass is 9.96. The van der Waals surface area contributed by atoms with Crippen molar-refractivity contribution in [2.24, 2.45) is 5.92 Å². The fourth-order valence-electron chi connectivity index (χ4n) is 2.98. The summed E-state index contributed by atoms with van der Waals surface area (Å²) in [6.45, 7) is 5.71. The van der Waals surface area contributed by atoms with Gasteiger partial charge in [-0.1, -0.05) is 31.2 Å². The second-order valence-corrected chi connectivity index (χ2v) is 6.08. The van der Waals surface area contributed by atoms with Crippen LogP contribution >= 0.6 is 0 Å². The SMILES string of the molecule is CCOC(=O)C1CCN(C(=O)CCc2ccc(CC)cc2)CC1. The van der Waals surface area contributed by atoms with Gasteiger partial charge in [0.25, 0.3) is 0 Å². The molecule has 0 atom stereocenters. The van der Waals surface area contributed by atoms with E-state index in [1.165, 1.54) is 11.1 Å². The predicted molar refractivity (Wildman–Crippen MR) is 90.1 cm³/mol. The van der Waals surface area contributed by atoms with Gasteiger partial charge >= 0.3 is 5.97 Å². The van der Waals surface area contributed by atoms with Crippen LogP contribution in [-0.4, -0.2) is 36.5 Å². The Morgan fingerprint density at radius 2 is 1.70 bits per heavy atom.